The molecule has 2 aliphatic rings. The molecule has 6 nitrogen and oxygen atoms in total. The minimum Gasteiger partial charge on any atom is -0.491 e. The summed E-state index contributed by atoms with van der Waals surface area (Å²) in [5.41, 5.74) is 1.64. The summed E-state index contributed by atoms with van der Waals surface area (Å²) < 4.78 is 38.3. The van der Waals surface area contributed by atoms with Crippen molar-refractivity contribution in [3.63, 3.8) is 0 Å². The van der Waals surface area contributed by atoms with Crippen molar-refractivity contribution in [2.45, 2.75) is 24.7 Å². The number of carbonyl (C=O) groups excluding carboxylic acids is 1. The second-order valence-corrected chi connectivity index (χ2v) is 9.47. The van der Waals surface area contributed by atoms with Crippen LogP contribution in [0.25, 0.3) is 22.0 Å². The van der Waals surface area contributed by atoms with Gasteiger partial charge in [-0.25, -0.2) is 8.78 Å². The number of fused-ring (bicyclic) bond motifs is 2. The van der Waals surface area contributed by atoms with E-state index in [2.05, 4.69) is 10.1 Å². The molecule has 1 amide bonds. The van der Waals surface area contributed by atoms with E-state index in [1.165, 1.54) is 24.4 Å². The van der Waals surface area contributed by atoms with Gasteiger partial charge in [0.1, 0.15) is 22.9 Å². The van der Waals surface area contributed by atoms with Crippen LogP contribution in [0.3, 0.4) is 0 Å². The largest absolute Gasteiger partial charge is 0.491 e. The second kappa shape index (κ2) is 8.18. The number of ether oxygens (including phenoxy) is 1. The predicted octanol–water partition coefficient (Wildman–Crippen LogP) is 3.81. The third-order valence-electron chi connectivity index (χ3n) is 6.80. The molecule has 1 aliphatic heterocycles. The Labute approximate surface area is 209 Å². The number of pyridine rings is 1. The Morgan fingerprint density at radius 2 is 1.89 bits per heavy atom. The zero-order valence-corrected chi connectivity index (χ0v) is 19.5. The van der Waals surface area contributed by atoms with Gasteiger partial charge in [0.15, 0.2) is 0 Å². The fourth-order valence-electron chi connectivity index (χ4n) is 4.66. The first-order valence-corrected chi connectivity index (χ1v) is 11.7. The van der Waals surface area contributed by atoms with Crippen LogP contribution in [0.5, 0.6) is 5.75 Å². The van der Waals surface area contributed by atoms with Crippen molar-refractivity contribution < 1.29 is 18.3 Å². The number of amides is 1. The topological polar surface area (TPSA) is 60.3 Å². The van der Waals surface area contributed by atoms with E-state index < -0.39 is 29.4 Å². The number of nitrogens with zero attached hydrogens (tertiary/aromatic N) is 4. The molecular formula is C26H20B2F2N4O2. The fraction of sp³-hybridized carbons (Fsp3) is 0.269. The zero-order valence-electron chi connectivity index (χ0n) is 19.5. The molecule has 36 heavy (non-hydrogen) atoms. The SMILES string of the molecule is [B]C1([B])c2ncccc2C(=O)N1Cc1c(F)cc(-c2ccc(OCC3CC3)c3nn(C)cc23)cc1F. The summed E-state index contributed by atoms with van der Waals surface area (Å²) in [4.78, 5) is 18.0. The minimum absolute atomic E-state index is 0.162. The summed E-state index contributed by atoms with van der Waals surface area (Å²) in [5.74, 6) is -0.954. The van der Waals surface area contributed by atoms with Gasteiger partial charge in [0.2, 0.25) is 0 Å². The number of aryl methyl sites for hydroxylation is 1. The minimum atomic E-state index is -1.79. The van der Waals surface area contributed by atoms with Crippen LogP contribution in [0, 0.1) is 17.6 Å². The van der Waals surface area contributed by atoms with E-state index in [0.717, 1.165) is 23.1 Å². The lowest BCUT2D eigenvalue weighted by Gasteiger charge is -2.33. The Balaban J connectivity index is 1.35. The van der Waals surface area contributed by atoms with Gasteiger partial charge in [0.25, 0.3) is 5.91 Å². The van der Waals surface area contributed by atoms with Crippen molar-refractivity contribution in [1.82, 2.24) is 19.7 Å². The van der Waals surface area contributed by atoms with E-state index in [4.69, 9.17) is 20.4 Å². The Bertz CT molecular complexity index is 1510. The van der Waals surface area contributed by atoms with Crippen molar-refractivity contribution in [2.24, 2.45) is 13.0 Å². The zero-order chi connectivity index (χ0) is 25.2. The van der Waals surface area contributed by atoms with Crippen molar-refractivity contribution in [1.29, 1.82) is 0 Å². The van der Waals surface area contributed by atoms with Crippen LogP contribution in [-0.2, 0) is 18.9 Å². The smallest absolute Gasteiger partial charge is 0.255 e. The standard InChI is InChI=1S/C26H20B2F2N4O2/c1-33-11-18-16(6-7-22(23(18)32-33)36-13-14-4-5-14)15-9-20(29)19(21(30)10-15)12-34-25(35)17-3-2-8-31-24(17)26(34,27)28/h2-3,6-11,14H,4-5,12-13H2,1H3. The molecule has 0 atom stereocenters. The summed E-state index contributed by atoms with van der Waals surface area (Å²) in [6, 6.07) is 9.15. The number of hydrogen-bond donors (Lipinski definition) is 0. The molecule has 0 bridgehead atoms. The lowest BCUT2D eigenvalue weighted by atomic mass is 9.59. The number of rotatable bonds is 6. The summed E-state index contributed by atoms with van der Waals surface area (Å²) >= 11 is 0. The molecule has 4 aromatic rings. The number of aromatic nitrogens is 3. The van der Waals surface area contributed by atoms with E-state index in [-0.39, 0.29) is 16.8 Å². The predicted molar refractivity (Wildman–Crippen MR) is 132 cm³/mol. The molecule has 2 aromatic carbocycles. The molecule has 0 spiro atoms. The van der Waals surface area contributed by atoms with Gasteiger partial charge in [-0.3, -0.25) is 14.5 Å². The highest BCUT2D eigenvalue weighted by atomic mass is 19.1. The molecule has 2 aromatic heterocycles. The number of hydrogen-bond acceptors (Lipinski definition) is 4. The molecule has 0 N–H and O–H groups in total. The van der Waals surface area contributed by atoms with Gasteiger partial charge >= 0.3 is 0 Å². The van der Waals surface area contributed by atoms with Crippen molar-refractivity contribution in [3.05, 3.63) is 77.2 Å². The van der Waals surface area contributed by atoms with E-state index >= 15 is 8.78 Å². The quantitative estimate of drug-likeness (QED) is 0.394. The van der Waals surface area contributed by atoms with Crippen LogP contribution in [0.2, 0.25) is 0 Å². The van der Waals surface area contributed by atoms with Crippen LogP contribution < -0.4 is 4.74 Å². The Morgan fingerprint density at radius 3 is 2.58 bits per heavy atom. The molecule has 3 heterocycles. The summed E-state index contributed by atoms with van der Waals surface area (Å²) in [7, 11) is 14.1. The molecular weight excluding hydrogens is 460 g/mol. The molecule has 10 heteroatoms. The normalized spacial score (nSPS) is 16.5. The van der Waals surface area contributed by atoms with Crippen LogP contribution in [0.15, 0.2) is 48.8 Å². The molecule has 1 saturated carbocycles. The average Bonchev–Trinajstić information content (AvgIpc) is 3.55. The van der Waals surface area contributed by atoms with Gasteiger partial charge < -0.3 is 9.64 Å². The molecule has 1 aliphatic carbocycles. The van der Waals surface area contributed by atoms with Crippen LogP contribution in [0.1, 0.15) is 34.5 Å². The van der Waals surface area contributed by atoms with E-state index in [0.29, 0.717) is 34.9 Å². The van der Waals surface area contributed by atoms with Gasteiger partial charge in [-0.05, 0) is 66.3 Å². The number of carbonyl (C=O) groups is 1. The lowest BCUT2D eigenvalue weighted by molar-refractivity contribution is 0.0727. The highest BCUT2D eigenvalue weighted by molar-refractivity contribution is 6.42. The molecule has 6 rings (SSSR count). The van der Waals surface area contributed by atoms with Gasteiger partial charge in [0.05, 0.1) is 40.1 Å². The van der Waals surface area contributed by atoms with Crippen LogP contribution >= 0.6 is 0 Å². The van der Waals surface area contributed by atoms with E-state index in [1.807, 2.05) is 0 Å². The van der Waals surface area contributed by atoms with Crippen molar-refractivity contribution in [3.8, 4) is 16.9 Å². The highest BCUT2D eigenvalue weighted by Crippen LogP contribution is 2.38. The van der Waals surface area contributed by atoms with E-state index in [9.17, 15) is 4.79 Å². The second-order valence-electron chi connectivity index (χ2n) is 9.47. The van der Waals surface area contributed by atoms with Crippen LogP contribution in [-0.4, -0.2) is 47.9 Å². The summed E-state index contributed by atoms with van der Waals surface area (Å²) in [6.45, 7) is 0.178. The number of halogens is 2. The monoisotopic (exact) mass is 480 g/mol. The summed E-state index contributed by atoms with van der Waals surface area (Å²) in [6.07, 6.45) is 5.58. The fourth-order valence-corrected chi connectivity index (χ4v) is 4.66. The Hall–Kier alpha value is -3.68. The third kappa shape index (κ3) is 3.67. The molecule has 176 valence electrons. The number of benzene rings is 2. The third-order valence-corrected chi connectivity index (χ3v) is 6.80. The lowest BCUT2D eigenvalue weighted by Crippen LogP contribution is -2.45. The van der Waals surface area contributed by atoms with Crippen molar-refractivity contribution in [2.75, 3.05) is 6.61 Å². The molecule has 0 saturated heterocycles. The van der Waals surface area contributed by atoms with Gasteiger partial charge in [0, 0.05) is 35.7 Å². The first-order valence-electron chi connectivity index (χ1n) is 11.7. The maximum atomic E-state index is 15.3. The maximum absolute atomic E-state index is 15.3. The van der Waals surface area contributed by atoms with Gasteiger partial charge in [-0.15, -0.1) is 0 Å². The van der Waals surface area contributed by atoms with Gasteiger partial charge in [-0.2, -0.15) is 5.10 Å². The maximum Gasteiger partial charge on any atom is 0.255 e. The highest BCUT2D eigenvalue weighted by Gasteiger charge is 2.43. The first kappa shape index (κ1) is 22.8. The van der Waals surface area contributed by atoms with E-state index in [1.54, 1.807) is 36.1 Å². The Kier molecular flexibility index (Phi) is 5.17. The van der Waals surface area contributed by atoms with Crippen molar-refractivity contribution >= 4 is 32.5 Å². The molecule has 0 unspecified atom stereocenters. The first-order chi connectivity index (χ1) is 17.2. The van der Waals surface area contributed by atoms with Gasteiger partial charge in [-0.1, -0.05) is 0 Å². The summed E-state index contributed by atoms with van der Waals surface area (Å²) in [5, 5.41) is 3.43. The average molecular weight is 480 g/mol. The molecule has 4 radical (unpaired) electrons. The Morgan fingerprint density at radius 1 is 1.14 bits per heavy atom. The molecule has 1 fully saturated rings. The van der Waals surface area contributed by atoms with Crippen LogP contribution in [0.4, 0.5) is 8.78 Å².